The standard InChI is InChI=1S/C3H7NO3.ClH/c1-3(4,7)2(5)6;/h7H,4H2,1H3,(H,5,6);1H. The van der Waals surface area contributed by atoms with E-state index in [1.54, 1.807) is 0 Å². The molecule has 4 nitrogen and oxygen atoms in total. The molecule has 1 unspecified atom stereocenters. The van der Waals surface area contributed by atoms with Gasteiger partial charge in [0.25, 0.3) is 0 Å². The average molecular weight is 142 g/mol. The van der Waals surface area contributed by atoms with Crippen molar-refractivity contribution in [1.29, 1.82) is 0 Å². The summed E-state index contributed by atoms with van der Waals surface area (Å²) in [5.74, 6) is -1.42. The van der Waals surface area contributed by atoms with Crippen LogP contribution in [0.4, 0.5) is 0 Å². The molecule has 0 fully saturated rings. The van der Waals surface area contributed by atoms with E-state index in [1.807, 2.05) is 0 Å². The summed E-state index contributed by atoms with van der Waals surface area (Å²) in [4.78, 5) is 9.65. The predicted molar refractivity (Wildman–Crippen MR) is 29.7 cm³/mol. The Morgan fingerprint density at radius 3 is 1.88 bits per heavy atom. The summed E-state index contributed by atoms with van der Waals surface area (Å²) >= 11 is 0. The van der Waals surface area contributed by atoms with Crippen LogP contribution in [0.5, 0.6) is 0 Å². The molecule has 0 aliphatic rings. The van der Waals surface area contributed by atoms with Gasteiger partial charge in [0.15, 0.2) is 0 Å². The van der Waals surface area contributed by atoms with Crippen LogP contribution in [0, 0.1) is 0 Å². The van der Waals surface area contributed by atoms with Crippen LogP contribution < -0.4 is 5.73 Å². The summed E-state index contributed by atoms with van der Waals surface area (Å²) in [6, 6.07) is 0. The first-order valence-electron chi connectivity index (χ1n) is 1.69. The zero-order valence-electron chi connectivity index (χ0n) is 4.29. The van der Waals surface area contributed by atoms with Gasteiger partial charge in [-0.15, -0.1) is 12.4 Å². The Hall–Kier alpha value is -0.320. The topological polar surface area (TPSA) is 83.5 Å². The normalized spacial score (nSPS) is 15.9. The number of aliphatic hydroxyl groups is 1. The maximum Gasteiger partial charge on any atom is 0.350 e. The van der Waals surface area contributed by atoms with E-state index in [9.17, 15) is 4.79 Å². The molecule has 0 heterocycles. The number of aliphatic carboxylic acids is 1. The number of hydrogen-bond acceptors (Lipinski definition) is 3. The summed E-state index contributed by atoms with van der Waals surface area (Å²) in [7, 11) is 0. The van der Waals surface area contributed by atoms with Crippen LogP contribution in [0.15, 0.2) is 0 Å². The van der Waals surface area contributed by atoms with E-state index in [1.165, 1.54) is 0 Å². The summed E-state index contributed by atoms with van der Waals surface area (Å²) in [6.45, 7) is 0.995. The quantitative estimate of drug-likeness (QED) is 0.416. The third-order valence-electron chi connectivity index (χ3n) is 0.433. The molecule has 0 aromatic heterocycles. The van der Waals surface area contributed by atoms with Crippen LogP contribution in [0.2, 0.25) is 0 Å². The van der Waals surface area contributed by atoms with Gasteiger partial charge in [-0.05, 0) is 6.92 Å². The van der Waals surface area contributed by atoms with Crippen molar-refractivity contribution in [3.8, 4) is 0 Å². The van der Waals surface area contributed by atoms with E-state index in [2.05, 4.69) is 5.73 Å². The Bertz CT molecular complexity index is 87.0. The highest BCUT2D eigenvalue weighted by Crippen LogP contribution is 1.88. The number of hydrogen-bond donors (Lipinski definition) is 3. The highest BCUT2D eigenvalue weighted by Gasteiger charge is 2.22. The molecular weight excluding hydrogens is 133 g/mol. The van der Waals surface area contributed by atoms with E-state index in [4.69, 9.17) is 10.2 Å². The summed E-state index contributed by atoms with van der Waals surface area (Å²) in [6.07, 6.45) is 0. The van der Waals surface area contributed by atoms with E-state index < -0.39 is 11.7 Å². The number of nitrogens with two attached hydrogens (primary N) is 1. The molecule has 50 valence electrons. The van der Waals surface area contributed by atoms with Gasteiger partial charge >= 0.3 is 5.97 Å². The number of carboxylic acid groups (broad SMARTS) is 1. The Morgan fingerprint density at radius 2 is 1.88 bits per heavy atom. The van der Waals surface area contributed by atoms with E-state index in [-0.39, 0.29) is 12.4 Å². The number of rotatable bonds is 1. The van der Waals surface area contributed by atoms with Gasteiger partial charge < -0.3 is 10.2 Å². The molecule has 0 spiro atoms. The fourth-order valence-corrected chi connectivity index (χ4v) is 0. The minimum Gasteiger partial charge on any atom is -0.478 e. The molecule has 4 N–H and O–H groups in total. The highest BCUT2D eigenvalue weighted by molar-refractivity contribution is 5.85. The Labute approximate surface area is 52.7 Å². The molecule has 0 aliphatic heterocycles. The van der Waals surface area contributed by atoms with Gasteiger partial charge in [0, 0.05) is 0 Å². The molecular formula is C3H8ClNO3. The second kappa shape index (κ2) is 2.86. The van der Waals surface area contributed by atoms with E-state index in [0.29, 0.717) is 0 Å². The molecule has 0 aromatic rings. The zero-order valence-corrected chi connectivity index (χ0v) is 5.10. The number of halogens is 1. The molecule has 0 saturated heterocycles. The Balaban J connectivity index is 0. The molecule has 0 aliphatic carbocycles. The zero-order chi connectivity index (χ0) is 6.08. The van der Waals surface area contributed by atoms with Crippen molar-refractivity contribution >= 4 is 18.4 Å². The van der Waals surface area contributed by atoms with Crippen LogP contribution >= 0.6 is 12.4 Å². The van der Waals surface area contributed by atoms with Crippen molar-refractivity contribution < 1.29 is 15.0 Å². The highest BCUT2D eigenvalue weighted by atomic mass is 35.5. The monoisotopic (exact) mass is 141 g/mol. The summed E-state index contributed by atoms with van der Waals surface area (Å²) in [5, 5.41) is 16.1. The van der Waals surface area contributed by atoms with E-state index in [0.717, 1.165) is 6.92 Å². The van der Waals surface area contributed by atoms with Crippen molar-refractivity contribution in [2.75, 3.05) is 0 Å². The van der Waals surface area contributed by atoms with Gasteiger partial charge in [-0.1, -0.05) is 0 Å². The minimum atomic E-state index is -2.08. The van der Waals surface area contributed by atoms with Gasteiger partial charge in [-0.2, -0.15) is 0 Å². The van der Waals surface area contributed by atoms with Crippen LogP contribution in [-0.2, 0) is 4.79 Å². The molecule has 1 atom stereocenters. The van der Waals surface area contributed by atoms with Crippen molar-refractivity contribution in [1.82, 2.24) is 0 Å². The smallest absolute Gasteiger partial charge is 0.350 e. The largest absolute Gasteiger partial charge is 0.478 e. The third-order valence-corrected chi connectivity index (χ3v) is 0.433. The number of carbonyl (C=O) groups is 1. The lowest BCUT2D eigenvalue weighted by Crippen LogP contribution is -2.44. The predicted octanol–water partition coefficient (Wildman–Crippen LogP) is -0.840. The van der Waals surface area contributed by atoms with E-state index >= 15 is 0 Å². The van der Waals surface area contributed by atoms with Crippen molar-refractivity contribution in [3.05, 3.63) is 0 Å². The van der Waals surface area contributed by atoms with Gasteiger partial charge in [0.2, 0.25) is 5.72 Å². The fourth-order valence-electron chi connectivity index (χ4n) is 0. The van der Waals surface area contributed by atoms with Gasteiger partial charge in [0.1, 0.15) is 0 Å². The van der Waals surface area contributed by atoms with Crippen molar-refractivity contribution in [3.63, 3.8) is 0 Å². The molecule has 0 radical (unpaired) electrons. The van der Waals surface area contributed by atoms with Gasteiger partial charge in [0.05, 0.1) is 0 Å². The van der Waals surface area contributed by atoms with Crippen LogP contribution in [0.3, 0.4) is 0 Å². The molecule has 0 aromatic carbocycles. The van der Waals surface area contributed by atoms with Gasteiger partial charge in [-0.25, -0.2) is 4.79 Å². The maximum atomic E-state index is 9.65. The van der Waals surface area contributed by atoms with Crippen LogP contribution in [-0.4, -0.2) is 21.9 Å². The third kappa shape index (κ3) is 3.86. The lowest BCUT2D eigenvalue weighted by atomic mass is 10.3. The number of carboxylic acids is 1. The second-order valence-electron chi connectivity index (χ2n) is 1.45. The average Bonchev–Trinajstić information content (AvgIpc) is 1.31. The fraction of sp³-hybridized carbons (Fsp3) is 0.667. The van der Waals surface area contributed by atoms with Gasteiger partial charge in [-0.3, -0.25) is 5.73 Å². The second-order valence-corrected chi connectivity index (χ2v) is 1.45. The first-order chi connectivity index (χ1) is 2.94. The molecule has 0 saturated carbocycles. The lowest BCUT2D eigenvalue weighted by Gasteiger charge is -2.07. The molecule has 0 rings (SSSR count). The lowest BCUT2D eigenvalue weighted by molar-refractivity contribution is -0.155. The molecule has 8 heavy (non-hydrogen) atoms. The Kier molecular flexibility index (Phi) is 3.80. The summed E-state index contributed by atoms with van der Waals surface area (Å²) < 4.78 is 0. The van der Waals surface area contributed by atoms with Crippen molar-refractivity contribution in [2.45, 2.75) is 12.6 Å². The molecule has 5 heteroatoms. The Morgan fingerprint density at radius 1 is 1.75 bits per heavy atom. The SMILES string of the molecule is CC(N)(O)C(=O)O.Cl. The first kappa shape index (κ1) is 10.6. The van der Waals surface area contributed by atoms with Crippen molar-refractivity contribution in [2.24, 2.45) is 5.73 Å². The first-order valence-corrected chi connectivity index (χ1v) is 1.69. The van der Waals surface area contributed by atoms with Crippen LogP contribution in [0.25, 0.3) is 0 Å². The minimum absolute atomic E-state index is 0. The summed E-state index contributed by atoms with van der Waals surface area (Å²) in [5.41, 5.74) is 2.55. The molecule has 0 bridgehead atoms. The molecule has 0 amide bonds. The van der Waals surface area contributed by atoms with Crippen LogP contribution in [0.1, 0.15) is 6.92 Å². The maximum absolute atomic E-state index is 9.65.